The van der Waals surface area contributed by atoms with Gasteiger partial charge in [-0.05, 0) is 30.7 Å². The van der Waals surface area contributed by atoms with E-state index in [9.17, 15) is 5.11 Å². The van der Waals surface area contributed by atoms with Gasteiger partial charge in [0.15, 0.2) is 0 Å². The zero-order valence-corrected chi connectivity index (χ0v) is 12.0. The largest absolute Gasteiger partial charge is 0.507 e. The van der Waals surface area contributed by atoms with Gasteiger partial charge in [0.05, 0.1) is 13.2 Å². The Morgan fingerprint density at radius 3 is 2.50 bits per heavy atom. The van der Waals surface area contributed by atoms with Crippen molar-refractivity contribution >= 4 is 0 Å². The van der Waals surface area contributed by atoms with Crippen LogP contribution in [0.25, 0.3) is 0 Å². The lowest BCUT2D eigenvalue weighted by atomic mass is 9.97. The monoisotopic (exact) mass is 271 g/mol. The highest BCUT2D eigenvalue weighted by Crippen LogP contribution is 2.32. The van der Waals surface area contributed by atoms with Gasteiger partial charge in [0.25, 0.3) is 0 Å². The van der Waals surface area contributed by atoms with Gasteiger partial charge in [0.1, 0.15) is 11.5 Å². The van der Waals surface area contributed by atoms with E-state index < -0.39 is 0 Å². The second-order valence-corrected chi connectivity index (χ2v) is 4.72. The van der Waals surface area contributed by atoms with E-state index in [1.165, 1.54) is 0 Å². The quantitative estimate of drug-likeness (QED) is 0.845. The average Bonchev–Trinajstić information content (AvgIpc) is 2.50. The molecule has 0 radical (unpaired) electrons. The highest BCUT2D eigenvalue weighted by Gasteiger charge is 2.17. The number of ether oxygens (including phenoxy) is 1. The van der Waals surface area contributed by atoms with E-state index in [1.54, 1.807) is 13.2 Å². The predicted molar refractivity (Wildman–Crippen MR) is 81.2 cm³/mol. The summed E-state index contributed by atoms with van der Waals surface area (Å²) < 4.78 is 5.14. The minimum Gasteiger partial charge on any atom is -0.507 e. The van der Waals surface area contributed by atoms with Crippen molar-refractivity contribution in [1.29, 1.82) is 0 Å². The van der Waals surface area contributed by atoms with Crippen LogP contribution in [0.1, 0.15) is 30.5 Å². The van der Waals surface area contributed by atoms with Gasteiger partial charge in [0, 0.05) is 11.6 Å². The van der Waals surface area contributed by atoms with Gasteiger partial charge < -0.3 is 15.2 Å². The minimum absolute atomic E-state index is 0.0120. The van der Waals surface area contributed by atoms with Crippen molar-refractivity contribution < 1.29 is 9.84 Å². The van der Waals surface area contributed by atoms with E-state index in [2.05, 4.69) is 24.4 Å². The van der Waals surface area contributed by atoms with Crippen molar-refractivity contribution in [3.63, 3.8) is 0 Å². The van der Waals surface area contributed by atoms with Crippen LogP contribution in [0.3, 0.4) is 0 Å². The molecule has 2 rings (SSSR count). The molecule has 0 bridgehead atoms. The summed E-state index contributed by atoms with van der Waals surface area (Å²) in [6.07, 6.45) is 1.04. The van der Waals surface area contributed by atoms with Crippen molar-refractivity contribution in [2.24, 2.45) is 0 Å². The van der Waals surface area contributed by atoms with Gasteiger partial charge in [-0.1, -0.05) is 37.3 Å². The standard InChI is InChI=1S/C17H21NO2/c1-3-11-18-17(13-7-5-4-6-8-13)15-10-9-14(20-2)12-16(15)19/h4-10,12,17-19H,3,11H2,1-2H3. The summed E-state index contributed by atoms with van der Waals surface area (Å²) >= 11 is 0. The molecule has 20 heavy (non-hydrogen) atoms. The Balaban J connectivity index is 2.36. The number of benzene rings is 2. The molecule has 3 heteroatoms. The maximum Gasteiger partial charge on any atom is 0.124 e. The Morgan fingerprint density at radius 1 is 1.15 bits per heavy atom. The van der Waals surface area contributed by atoms with Gasteiger partial charge in [-0.25, -0.2) is 0 Å². The van der Waals surface area contributed by atoms with Gasteiger partial charge >= 0.3 is 0 Å². The Morgan fingerprint density at radius 2 is 1.90 bits per heavy atom. The Bertz CT molecular complexity index is 540. The lowest BCUT2D eigenvalue weighted by Gasteiger charge is -2.21. The highest BCUT2D eigenvalue weighted by atomic mass is 16.5. The Hall–Kier alpha value is -2.00. The van der Waals surface area contributed by atoms with Gasteiger partial charge in [-0.2, -0.15) is 0 Å². The Kier molecular flexibility index (Phi) is 5.02. The third kappa shape index (κ3) is 3.31. The summed E-state index contributed by atoms with van der Waals surface area (Å²) in [6, 6.07) is 15.6. The molecule has 0 fully saturated rings. The molecule has 0 heterocycles. The molecule has 1 unspecified atom stereocenters. The molecule has 0 saturated heterocycles. The number of phenols is 1. The molecule has 0 saturated carbocycles. The molecular formula is C17H21NO2. The van der Waals surface area contributed by atoms with Crippen molar-refractivity contribution in [2.75, 3.05) is 13.7 Å². The summed E-state index contributed by atoms with van der Waals surface area (Å²) in [4.78, 5) is 0. The molecule has 0 aliphatic carbocycles. The summed E-state index contributed by atoms with van der Waals surface area (Å²) in [7, 11) is 1.60. The number of aromatic hydroxyl groups is 1. The molecular weight excluding hydrogens is 250 g/mol. The summed E-state index contributed by atoms with van der Waals surface area (Å²) in [5.41, 5.74) is 2.01. The van der Waals surface area contributed by atoms with Gasteiger partial charge in [-0.15, -0.1) is 0 Å². The van der Waals surface area contributed by atoms with Crippen LogP contribution < -0.4 is 10.1 Å². The van der Waals surface area contributed by atoms with Crippen LogP contribution in [-0.2, 0) is 0 Å². The van der Waals surface area contributed by atoms with Crippen molar-refractivity contribution in [1.82, 2.24) is 5.32 Å². The van der Waals surface area contributed by atoms with Crippen LogP contribution in [0.2, 0.25) is 0 Å². The first kappa shape index (κ1) is 14.4. The SMILES string of the molecule is CCCNC(c1ccccc1)c1ccc(OC)cc1O. The first-order valence-electron chi connectivity index (χ1n) is 6.91. The number of hydrogen-bond donors (Lipinski definition) is 2. The Labute approximate surface area is 120 Å². The van der Waals surface area contributed by atoms with E-state index in [0.717, 1.165) is 24.1 Å². The first-order valence-corrected chi connectivity index (χ1v) is 6.91. The topological polar surface area (TPSA) is 41.5 Å². The summed E-state index contributed by atoms with van der Waals surface area (Å²) in [6.45, 7) is 3.02. The fourth-order valence-electron chi connectivity index (χ4n) is 2.24. The molecule has 0 aliphatic rings. The molecule has 0 spiro atoms. The maximum absolute atomic E-state index is 10.2. The maximum atomic E-state index is 10.2. The van der Waals surface area contributed by atoms with Crippen molar-refractivity contribution in [2.45, 2.75) is 19.4 Å². The highest BCUT2D eigenvalue weighted by molar-refractivity contribution is 5.45. The van der Waals surface area contributed by atoms with Crippen LogP contribution in [0.5, 0.6) is 11.5 Å². The minimum atomic E-state index is -0.0120. The van der Waals surface area contributed by atoms with E-state index in [1.807, 2.05) is 30.3 Å². The van der Waals surface area contributed by atoms with Crippen LogP contribution in [0.15, 0.2) is 48.5 Å². The molecule has 2 N–H and O–H groups in total. The van der Waals surface area contributed by atoms with E-state index in [4.69, 9.17) is 4.74 Å². The lowest BCUT2D eigenvalue weighted by molar-refractivity contribution is 0.404. The molecule has 3 nitrogen and oxygen atoms in total. The van der Waals surface area contributed by atoms with E-state index >= 15 is 0 Å². The van der Waals surface area contributed by atoms with Gasteiger partial charge in [-0.3, -0.25) is 0 Å². The van der Waals surface area contributed by atoms with Gasteiger partial charge in [0.2, 0.25) is 0 Å². The summed E-state index contributed by atoms with van der Waals surface area (Å²) in [5, 5.41) is 13.7. The third-order valence-corrected chi connectivity index (χ3v) is 3.28. The molecule has 0 amide bonds. The molecule has 2 aromatic carbocycles. The fraction of sp³-hybridized carbons (Fsp3) is 0.294. The zero-order chi connectivity index (χ0) is 14.4. The number of rotatable bonds is 6. The van der Waals surface area contributed by atoms with E-state index in [-0.39, 0.29) is 11.8 Å². The molecule has 0 aromatic heterocycles. The second-order valence-electron chi connectivity index (χ2n) is 4.72. The lowest BCUT2D eigenvalue weighted by Crippen LogP contribution is -2.23. The number of nitrogens with one attached hydrogen (secondary N) is 1. The van der Waals surface area contributed by atoms with E-state index in [0.29, 0.717) is 5.75 Å². The van der Waals surface area contributed by atoms with Crippen LogP contribution in [-0.4, -0.2) is 18.8 Å². The predicted octanol–water partition coefficient (Wildman–Crippen LogP) is 3.49. The number of methoxy groups -OCH3 is 1. The molecule has 0 aliphatic heterocycles. The normalized spacial score (nSPS) is 12.1. The first-order chi connectivity index (χ1) is 9.76. The summed E-state index contributed by atoms with van der Waals surface area (Å²) in [5.74, 6) is 0.912. The average molecular weight is 271 g/mol. The van der Waals surface area contributed by atoms with Crippen LogP contribution in [0.4, 0.5) is 0 Å². The van der Waals surface area contributed by atoms with Crippen LogP contribution in [0, 0.1) is 0 Å². The molecule has 2 aromatic rings. The molecule has 1 atom stereocenters. The second kappa shape index (κ2) is 6.96. The van der Waals surface area contributed by atoms with Crippen molar-refractivity contribution in [3.05, 3.63) is 59.7 Å². The number of hydrogen-bond acceptors (Lipinski definition) is 3. The zero-order valence-electron chi connectivity index (χ0n) is 12.0. The third-order valence-electron chi connectivity index (χ3n) is 3.28. The van der Waals surface area contributed by atoms with Crippen molar-refractivity contribution in [3.8, 4) is 11.5 Å². The smallest absolute Gasteiger partial charge is 0.124 e. The number of phenolic OH excluding ortho intramolecular Hbond substituents is 1. The van der Waals surface area contributed by atoms with Crippen LogP contribution >= 0.6 is 0 Å². The fourth-order valence-corrected chi connectivity index (χ4v) is 2.24. The molecule has 106 valence electrons.